The summed E-state index contributed by atoms with van der Waals surface area (Å²) in [4.78, 5) is 10.1. The number of aliphatic hydroxyl groups is 1. The van der Waals surface area contributed by atoms with E-state index in [9.17, 15) is 15.2 Å². The van der Waals surface area contributed by atoms with Crippen LogP contribution in [0.2, 0.25) is 0 Å². The second-order valence-corrected chi connectivity index (χ2v) is 6.05. The summed E-state index contributed by atoms with van der Waals surface area (Å²) in [6, 6.07) is 6.38. The maximum atomic E-state index is 10.6. The van der Waals surface area contributed by atoms with Crippen molar-refractivity contribution in [2.75, 3.05) is 18.1 Å². The van der Waals surface area contributed by atoms with Crippen LogP contribution in [0.1, 0.15) is 31.9 Å². The summed E-state index contributed by atoms with van der Waals surface area (Å²) < 4.78 is 0. The number of hydrogen-bond acceptors (Lipinski definition) is 5. The van der Waals surface area contributed by atoms with Gasteiger partial charge in [-0.15, -0.1) is 0 Å². The largest absolute Gasteiger partial charge is 0.387 e. The maximum Gasteiger partial charge on any atom is 0.269 e. The van der Waals surface area contributed by atoms with E-state index >= 15 is 0 Å². The molecule has 0 aromatic heterocycles. The van der Waals surface area contributed by atoms with Crippen LogP contribution in [0.5, 0.6) is 0 Å². The van der Waals surface area contributed by atoms with Gasteiger partial charge < -0.3 is 10.4 Å². The molecule has 0 aliphatic rings. The zero-order valence-corrected chi connectivity index (χ0v) is 12.7. The monoisotopic (exact) mass is 298 g/mol. The van der Waals surface area contributed by atoms with Crippen molar-refractivity contribution in [1.82, 2.24) is 5.32 Å². The standard InChI is InChI=1S/C14H22N2O3S/c1-3-20-9-8-11(2)15-10-14(17)12-4-6-13(7-5-12)16(18)19/h4-7,11,14-15,17H,3,8-10H2,1-2H3. The SMILES string of the molecule is CCSCCC(C)NCC(O)c1ccc([N+](=O)[O-])cc1. The van der Waals surface area contributed by atoms with E-state index in [0.717, 1.165) is 17.9 Å². The highest BCUT2D eigenvalue weighted by atomic mass is 32.2. The summed E-state index contributed by atoms with van der Waals surface area (Å²) >= 11 is 1.91. The third-order valence-electron chi connectivity index (χ3n) is 3.05. The maximum absolute atomic E-state index is 10.6. The zero-order valence-electron chi connectivity index (χ0n) is 11.9. The van der Waals surface area contributed by atoms with Gasteiger partial charge in [-0.3, -0.25) is 10.1 Å². The molecular weight excluding hydrogens is 276 g/mol. The number of benzene rings is 1. The van der Waals surface area contributed by atoms with Crippen molar-refractivity contribution in [1.29, 1.82) is 0 Å². The average Bonchev–Trinajstić information content (AvgIpc) is 2.45. The molecule has 6 heteroatoms. The van der Waals surface area contributed by atoms with Crippen LogP contribution >= 0.6 is 11.8 Å². The summed E-state index contributed by atoms with van der Waals surface area (Å²) in [5.41, 5.74) is 0.733. The van der Waals surface area contributed by atoms with Crippen molar-refractivity contribution < 1.29 is 10.0 Å². The Kier molecular flexibility index (Phi) is 7.58. The molecule has 2 unspecified atom stereocenters. The Balaban J connectivity index is 2.38. The van der Waals surface area contributed by atoms with Crippen LogP contribution in [0.3, 0.4) is 0 Å². The minimum absolute atomic E-state index is 0.0406. The summed E-state index contributed by atoms with van der Waals surface area (Å²) in [7, 11) is 0. The van der Waals surface area contributed by atoms with E-state index in [1.54, 1.807) is 12.1 Å². The van der Waals surface area contributed by atoms with Gasteiger partial charge >= 0.3 is 0 Å². The number of hydrogen-bond donors (Lipinski definition) is 2. The van der Waals surface area contributed by atoms with E-state index < -0.39 is 11.0 Å². The second kappa shape index (κ2) is 8.94. The smallest absolute Gasteiger partial charge is 0.269 e. The Hall–Kier alpha value is -1.11. The fourth-order valence-electron chi connectivity index (χ4n) is 1.76. The molecule has 5 nitrogen and oxygen atoms in total. The molecule has 2 N–H and O–H groups in total. The first kappa shape index (κ1) is 16.9. The molecular formula is C14H22N2O3S. The molecule has 0 saturated carbocycles. The molecule has 112 valence electrons. The van der Waals surface area contributed by atoms with Crippen LogP contribution in [-0.4, -0.2) is 34.1 Å². The molecule has 0 fully saturated rings. The number of nitro benzene ring substituents is 1. The lowest BCUT2D eigenvalue weighted by molar-refractivity contribution is -0.384. The van der Waals surface area contributed by atoms with Crippen molar-refractivity contribution >= 4 is 17.4 Å². The molecule has 0 amide bonds. The second-order valence-electron chi connectivity index (χ2n) is 4.66. The number of non-ortho nitro benzene ring substituents is 1. The van der Waals surface area contributed by atoms with Gasteiger partial charge in [0.15, 0.2) is 0 Å². The number of rotatable bonds is 9. The van der Waals surface area contributed by atoms with E-state index in [-0.39, 0.29) is 5.69 Å². The van der Waals surface area contributed by atoms with Crippen molar-refractivity contribution in [3.63, 3.8) is 0 Å². The van der Waals surface area contributed by atoms with Crippen LogP contribution in [0.15, 0.2) is 24.3 Å². The lowest BCUT2D eigenvalue weighted by Crippen LogP contribution is -2.30. The molecule has 2 atom stereocenters. The molecule has 0 aliphatic heterocycles. The van der Waals surface area contributed by atoms with Crippen LogP contribution in [0.4, 0.5) is 5.69 Å². The molecule has 20 heavy (non-hydrogen) atoms. The Bertz CT molecular complexity index is 411. The number of thioether (sulfide) groups is 1. The first-order valence-corrected chi connectivity index (χ1v) is 7.93. The van der Waals surface area contributed by atoms with Crippen molar-refractivity contribution in [2.24, 2.45) is 0 Å². The molecule has 1 aromatic rings. The summed E-state index contributed by atoms with van der Waals surface area (Å²) in [5.74, 6) is 2.23. The van der Waals surface area contributed by atoms with Gasteiger partial charge in [0, 0.05) is 24.7 Å². The van der Waals surface area contributed by atoms with Crippen LogP contribution in [-0.2, 0) is 0 Å². The molecule has 0 bridgehead atoms. The molecule has 0 heterocycles. The van der Waals surface area contributed by atoms with Crippen molar-refractivity contribution in [2.45, 2.75) is 32.4 Å². The van der Waals surface area contributed by atoms with Gasteiger partial charge in [0.1, 0.15) is 0 Å². The fraction of sp³-hybridized carbons (Fsp3) is 0.571. The molecule has 1 rings (SSSR count). The lowest BCUT2D eigenvalue weighted by atomic mass is 10.1. The van der Waals surface area contributed by atoms with Crippen LogP contribution < -0.4 is 5.32 Å². The number of nitrogens with zero attached hydrogens (tertiary/aromatic N) is 1. The van der Waals surface area contributed by atoms with Gasteiger partial charge in [0.2, 0.25) is 0 Å². The summed E-state index contributed by atoms with van der Waals surface area (Å²) in [6.45, 7) is 4.69. The van der Waals surface area contributed by atoms with Gasteiger partial charge in [-0.2, -0.15) is 11.8 Å². The Morgan fingerprint density at radius 2 is 2.05 bits per heavy atom. The Morgan fingerprint density at radius 3 is 2.60 bits per heavy atom. The zero-order chi connectivity index (χ0) is 15.0. The minimum Gasteiger partial charge on any atom is -0.387 e. The van der Waals surface area contributed by atoms with Crippen molar-refractivity contribution in [3.05, 3.63) is 39.9 Å². The molecule has 1 aromatic carbocycles. The Labute approximate surface area is 123 Å². The van der Waals surface area contributed by atoms with E-state index in [1.165, 1.54) is 12.1 Å². The van der Waals surface area contributed by atoms with E-state index in [4.69, 9.17) is 0 Å². The first-order valence-electron chi connectivity index (χ1n) is 6.78. The van der Waals surface area contributed by atoms with E-state index in [0.29, 0.717) is 18.2 Å². The highest BCUT2D eigenvalue weighted by Gasteiger charge is 2.11. The van der Waals surface area contributed by atoms with Gasteiger partial charge in [-0.05, 0) is 42.5 Å². The highest BCUT2D eigenvalue weighted by Crippen LogP contribution is 2.17. The van der Waals surface area contributed by atoms with E-state index in [2.05, 4.69) is 19.2 Å². The number of nitro groups is 1. The topological polar surface area (TPSA) is 75.4 Å². The Morgan fingerprint density at radius 1 is 1.40 bits per heavy atom. The highest BCUT2D eigenvalue weighted by molar-refractivity contribution is 7.99. The molecule has 0 aliphatic carbocycles. The average molecular weight is 298 g/mol. The van der Waals surface area contributed by atoms with Crippen LogP contribution in [0.25, 0.3) is 0 Å². The predicted octanol–water partition coefficient (Wildman–Crippen LogP) is 2.75. The normalized spacial score (nSPS) is 13.9. The number of nitrogens with one attached hydrogen (secondary N) is 1. The third-order valence-corrected chi connectivity index (χ3v) is 3.98. The van der Waals surface area contributed by atoms with E-state index in [1.807, 2.05) is 11.8 Å². The first-order chi connectivity index (χ1) is 9.54. The summed E-state index contributed by atoms with van der Waals surface area (Å²) in [5, 5.41) is 23.9. The van der Waals surface area contributed by atoms with Gasteiger partial charge in [0.05, 0.1) is 11.0 Å². The van der Waals surface area contributed by atoms with Gasteiger partial charge in [-0.1, -0.05) is 6.92 Å². The predicted molar refractivity (Wildman–Crippen MR) is 83.1 cm³/mol. The van der Waals surface area contributed by atoms with Crippen molar-refractivity contribution in [3.8, 4) is 0 Å². The third kappa shape index (κ3) is 5.90. The number of aliphatic hydroxyl groups excluding tert-OH is 1. The van der Waals surface area contributed by atoms with Crippen LogP contribution in [0, 0.1) is 10.1 Å². The lowest BCUT2D eigenvalue weighted by Gasteiger charge is -2.17. The minimum atomic E-state index is -0.642. The van der Waals surface area contributed by atoms with Gasteiger partial charge in [-0.25, -0.2) is 0 Å². The molecule has 0 saturated heterocycles. The molecule has 0 radical (unpaired) electrons. The quantitative estimate of drug-likeness (QED) is 0.416. The van der Waals surface area contributed by atoms with Gasteiger partial charge in [0.25, 0.3) is 5.69 Å². The fourth-order valence-corrected chi connectivity index (χ4v) is 2.56. The molecule has 0 spiro atoms. The summed E-state index contributed by atoms with van der Waals surface area (Å²) in [6.07, 6.45) is 0.419.